The summed E-state index contributed by atoms with van der Waals surface area (Å²) in [4.78, 5) is 24.8. The van der Waals surface area contributed by atoms with Crippen molar-refractivity contribution in [3.63, 3.8) is 0 Å². The van der Waals surface area contributed by atoms with Gasteiger partial charge in [0.1, 0.15) is 11.4 Å². The van der Waals surface area contributed by atoms with E-state index in [0.29, 0.717) is 18.2 Å². The minimum Gasteiger partial charge on any atom is -0.497 e. The molecule has 0 aliphatic rings. The Bertz CT molecular complexity index is 855. The molecule has 0 bridgehead atoms. The van der Waals surface area contributed by atoms with E-state index in [2.05, 4.69) is 25.6 Å². The van der Waals surface area contributed by atoms with E-state index < -0.39 is 0 Å². The van der Waals surface area contributed by atoms with E-state index in [1.165, 1.54) is 6.20 Å². The molecule has 126 valence electrons. The van der Waals surface area contributed by atoms with E-state index in [1.807, 2.05) is 42.5 Å². The molecular weight excluding hydrogens is 318 g/mol. The van der Waals surface area contributed by atoms with Crippen molar-refractivity contribution in [2.45, 2.75) is 6.54 Å². The smallest absolute Gasteiger partial charge is 0.270 e. The van der Waals surface area contributed by atoms with Crippen LogP contribution in [0.4, 0.5) is 11.6 Å². The third-order valence-corrected chi connectivity index (χ3v) is 3.37. The number of rotatable bonds is 6. The zero-order chi connectivity index (χ0) is 17.5. The first kappa shape index (κ1) is 16.4. The molecule has 0 aliphatic carbocycles. The summed E-state index contributed by atoms with van der Waals surface area (Å²) in [5.74, 6) is 0.759. The lowest BCUT2D eigenvalue weighted by Crippen LogP contribution is -2.24. The van der Waals surface area contributed by atoms with E-state index in [1.54, 1.807) is 19.4 Å². The van der Waals surface area contributed by atoms with E-state index in [9.17, 15) is 4.79 Å². The van der Waals surface area contributed by atoms with Gasteiger partial charge in [0.05, 0.1) is 19.3 Å². The van der Waals surface area contributed by atoms with Gasteiger partial charge in [0.15, 0.2) is 0 Å². The van der Waals surface area contributed by atoms with Gasteiger partial charge >= 0.3 is 0 Å². The average Bonchev–Trinajstić information content (AvgIpc) is 2.67. The predicted molar refractivity (Wildman–Crippen MR) is 93.7 cm³/mol. The van der Waals surface area contributed by atoms with Crippen LogP contribution in [0.3, 0.4) is 0 Å². The van der Waals surface area contributed by atoms with Crippen LogP contribution in [0.25, 0.3) is 0 Å². The first-order valence-electron chi connectivity index (χ1n) is 7.67. The number of nitrogens with zero attached hydrogens (tertiary/aromatic N) is 3. The summed E-state index contributed by atoms with van der Waals surface area (Å²) in [5, 5.41) is 5.84. The van der Waals surface area contributed by atoms with Crippen molar-refractivity contribution in [2.24, 2.45) is 0 Å². The molecule has 1 aromatic carbocycles. The largest absolute Gasteiger partial charge is 0.497 e. The fourth-order valence-electron chi connectivity index (χ4n) is 2.14. The highest BCUT2D eigenvalue weighted by Crippen LogP contribution is 2.19. The Balaban J connectivity index is 1.67. The van der Waals surface area contributed by atoms with Crippen LogP contribution in [-0.2, 0) is 6.54 Å². The molecule has 0 saturated carbocycles. The van der Waals surface area contributed by atoms with Crippen molar-refractivity contribution in [3.05, 3.63) is 72.3 Å². The minimum absolute atomic E-state index is 0.274. The van der Waals surface area contributed by atoms with Crippen molar-refractivity contribution < 1.29 is 9.53 Å². The molecule has 1 amide bonds. The molecule has 0 fully saturated rings. The van der Waals surface area contributed by atoms with Gasteiger partial charge in [0, 0.05) is 24.1 Å². The summed E-state index contributed by atoms with van der Waals surface area (Å²) in [5.41, 5.74) is 1.82. The van der Waals surface area contributed by atoms with Crippen molar-refractivity contribution >= 4 is 17.5 Å². The van der Waals surface area contributed by atoms with Gasteiger partial charge < -0.3 is 15.4 Å². The number of carbonyl (C=O) groups excluding carboxylic acids is 1. The Morgan fingerprint density at radius 2 is 2.00 bits per heavy atom. The van der Waals surface area contributed by atoms with Gasteiger partial charge in [-0.05, 0) is 30.3 Å². The van der Waals surface area contributed by atoms with Crippen molar-refractivity contribution in [3.8, 4) is 5.75 Å². The molecule has 0 radical (unpaired) electrons. The quantitative estimate of drug-likeness (QED) is 0.720. The van der Waals surface area contributed by atoms with Gasteiger partial charge in [0.2, 0.25) is 5.95 Å². The number of nitrogens with one attached hydrogen (secondary N) is 2. The second kappa shape index (κ2) is 7.87. The first-order chi connectivity index (χ1) is 12.2. The van der Waals surface area contributed by atoms with E-state index in [0.717, 1.165) is 11.4 Å². The van der Waals surface area contributed by atoms with Crippen LogP contribution in [0.1, 0.15) is 16.2 Å². The number of benzene rings is 1. The van der Waals surface area contributed by atoms with Gasteiger partial charge in [-0.25, -0.2) is 9.97 Å². The normalized spacial score (nSPS) is 10.1. The number of aromatic nitrogens is 3. The fourth-order valence-corrected chi connectivity index (χ4v) is 2.14. The highest BCUT2D eigenvalue weighted by Gasteiger charge is 2.09. The third kappa shape index (κ3) is 4.51. The standard InChI is InChI=1S/C18H17N5O2/c1-25-15-7-4-6-13(11-15)22-18-20-10-8-16(23-18)17(24)21-12-14-5-2-3-9-19-14/h2-11H,12H2,1H3,(H,21,24)(H,20,22,23). The summed E-state index contributed by atoms with van der Waals surface area (Å²) < 4.78 is 5.18. The van der Waals surface area contributed by atoms with Gasteiger partial charge in [-0.3, -0.25) is 9.78 Å². The third-order valence-electron chi connectivity index (χ3n) is 3.37. The van der Waals surface area contributed by atoms with Crippen LogP contribution < -0.4 is 15.4 Å². The maximum Gasteiger partial charge on any atom is 0.270 e. The predicted octanol–water partition coefficient (Wildman–Crippen LogP) is 2.55. The molecule has 25 heavy (non-hydrogen) atoms. The molecule has 0 unspecified atom stereocenters. The number of pyridine rings is 1. The Labute approximate surface area is 145 Å². The SMILES string of the molecule is COc1cccc(Nc2nccc(C(=O)NCc3ccccn3)n2)c1. The van der Waals surface area contributed by atoms with Crippen LogP contribution >= 0.6 is 0 Å². The Hall–Kier alpha value is -3.48. The number of hydrogen-bond donors (Lipinski definition) is 2. The summed E-state index contributed by atoms with van der Waals surface area (Å²) in [7, 11) is 1.60. The second-order valence-corrected chi connectivity index (χ2v) is 5.13. The van der Waals surface area contributed by atoms with E-state index in [-0.39, 0.29) is 11.6 Å². The van der Waals surface area contributed by atoms with Gasteiger partial charge in [-0.1, -0.05) is 12.1 Å². The Kier molecular flexibility index (Phi) is 5.16. The number of methoxy groups -OCH3 is 1. The maximum atomic E-state index is 12.2. The molecule has 2 heterocycles. The van der Waals surface area contributed by atoms with Crippen molar-refractivity contribution in [1.82, 2.24) is 20.3 Å². The molecule has 7 nitrogen and oxygen atoms in total. The van der Waals surface area contributed by atoms with E-state index >= 15 is 0 Å². The molecule has 0 aliphatic heterocycles. The Morgan fingerprint density at radius 3 is 2.80 bits per heavy atom. The average molecular weight is 335 g/mol. The monoisotopic (exact) mass is 335 g/mol. The van der Waals surface area contributed by atoms with Gasteiger partial charge in [-0.2, -0.15) is 0 Å². The summed E-state index contributed by atoms with van der Waals surface area (Å²) >= 11 is 0. The highest BCUT2D eigenvalue weighted by molar-refractivity contribution is 5.92. The van der Waals surface area contributed by atoms with Crippen LogP contribution in [0.5, 0.6) is 5.75 Å². The number of ether oxygens (including phenoxy) is 1. The first-order valence-corrected chi connectivity index (χ1v) is 7.67. The number of amides is 1. The molecule has 7 heteroatoms. The van der Waals surface area contributed by atoms with Crippen molar-refractivity contribution in [2.75, 3.05) is 12.4 Å². The summed E-state index contributed by atoms with van der Waals surface area (Å²) in [6.45, 7) is 0.336. The molecule has 2 aromatic heterocycles. The summed E-state index contributed by atoms with van der Waals surface area (Å²) in [6, 6.07) is 14.5. The molecular formula is C18H17N5O2. The number of anilines is 2. The van der Waals surface area contributed by atoms with E-state index in [4.69, 9.17) is 4.74 Å². The lowest BCUT2D eigenvalue weighted by atomic mass is 10.3. The number of hydrogen-bond acceptors (Lipinski definition) is 6. The Morgan fingerprint density at radius 1 is 1.08 bits per heavy atom. The molecule has 3 rings (SSSR count). The zero-order valence-corrected chi connectivity index (χ0v) is 13.6. The molecule has 0 saturated heterocycles. The maximum absolute atomic E-state index is 12.2. The topological polar surface area (TPSA) is 89.0 Å². The van der Waals surface area contributed by atoms with Crippen molar-refractivity contribution in [1.29, 1.82) is 0 Å². The molecule has 0 atom stereocenters. The lowest BCUT2D eigenvalue weighted by molar-refractivity contribution is 0.0945. The van der Waals surface area contributed by atoms with Gasteiger partial charge in [-0.15, -0.1) is 0 Å². The minimum atomic E-state index is -0.290. The van der Waals surface area contributed by atoms with Crippen LogP contribution in [-0.4, -0.2) is 28.0 Å². The van der Waals surface area contributed by atoms with Crippen LogP contribution in [0, 0.1) is 0 Å². The number of carbonyl (C=O) groups is 1. The lowest BCUT2D eigenvalue weighted by Gasteiger charge is -2.08. The molecule has 2 N–H and O–H groups in total. The zero-order valence-electron chi connectivity index (χ0n) is 13.6. The fraction of sp³-hybridized carbons (Fsp3) is 0.111. The van der Waals surface area contributed by atoms with Gasteiger partial charge in [0.25, 0.3) is 5.91 Å². The van der Waals surface area contributed by atoms with Crippen LogP contribution in [0.2, 0.25) is 0 Å². The van der Waals surface area contributed by atoms with Crippen LogP contribution in [0.15, 0.2) is 60.9 Å². The summed E-state index contributed by atoms with van der Waals surface area (Å²) in [6.07, 6.45) is 3.22. The highest BCUT2D eigenvalue weighted by atomic mass is 16.5. The second-order valence-electron chi connectivity index (χ2n) is 5.13. The molecule has 3 aromatic rings. The molecule has 0 spiro atoms.